The van der Waals surface area contributed by atoms with Crippen LogP contribution in [-0.2, 0) is 6.18 Å². The Bertz CT molecular complexity index is 1400. The van der Waals surface area contributed by atoms with Gasteiger partial charge in [0.1, 0.15) is 22.8 Å². The number of hydrogen-bond donors (Lipinski definition) is 2. The van der Waals surface area contributed by atoms with E-state index in [1.165, 1.54) is 44.7 Å². The van der Waals surface area contributed by atoms with Crippen LogP contribution in [0, 0.1) is 0 Å². The number of pyridine rings is 1. The molecule has 11 heteroatoms. The molecule has 0 atom stereocenters. The van der Waals surface area contributed by atoms with Gasteiger partial charge in [-0.3, -0.25) is 14.9 Å². The number of ether oxygens (including phenoxy) is 2. The molecule has 35 heavy (non-hydrogen) atoms. The summed E-state index contributed by atoms with van der Waals surface area (Å²) in [6.45, 7) is 0. The van der Waals surface area contributed by atoms with Gasteiger partial charge in [-0.25, -0.2) is 4.98 Å². The van der Waals surface area contributed by atoms with E-state index in [1.54, 1.807) is 29.6 Å². The highest BCUT2D eigenvalue weighted by Gasteiger charge is 2.40. The lowest BCUT2D eigenvalue weighted by molar-refractivity contribution is -0.141. The smallest absolute Gasteiger partial charge is 0.432 e. The van der Waals surface area contributed by atoms with Gasteiger partial charge in [0.15, 0.2) is 5.13 Å². The molecule has 0 fully saturated rings. The van der Waals surface area contributed by atoms with Crippen LogP contribution in [0.15, 0.2) is 64.9 Å². The average molecular weight is 501 g/mol. The van der Waals surface area contributed by atoms with E-state index in [4.69, 9.17) is 9.47 Å². The number of methoxy groups -OCH3 is 2. The molecule has 0 spiro atoms. The fourth-order valence-electron chi connectivity index (χ4n) is 3.48. The number of H-pyrrole nitrogens is 1. The van der Waals surface area contributed by atoms with Gasteiger partial charge >= 0.3 is 6.18 Å². The number of nitrogens with zero attached hydrogens (tertiary/aromatic N) is 1. The SMILES string of the molecule is COc1ccc(-c2[nH]c(C(F)(F)F)c(C(=O)Nc3nccs3)c(=O)c2-c2ccc(OC)cc2)cc1. The minimum atomic E-state index is -5.02. The Kier molecular flexibility index (Phi) is 6.61. The molecule has 1 amide bonds. The fourth-order valence-corrected chi connectivity index (χ4v) is 4.01. The first-order chi connectivity index (χ1) is 16.7. The molecule has 0 radical (unpaired) electrons. The maximum absolute atomic E-state index is 14.1. The van der Waals surface area contributed by atoms with Crippen LogP contribution >= 0.6 is 11.3 Å². The molecule has 0 aliphatic heterocycles. The molecular weight excluding hydrogens is 483 g/mol. The Morgan fingerprint density at radius 3 is 2.03 bits per heavy atom. The van der Waals surface area contributed by atoms with E-state index in [0.717, 1.165) is 11.3 Å². The van der Waals surface area contributed by atoms with Crippen molar-refractivity contribution in [1.82, 2.24) is 9.97 Å². The summed E-state index contributed by atoms with van der Waals surface area (Å²) in [5.74, 6) is -0.244. The van der Waals surface area contributed by atoms with Crippen LogP contribution in [0.1, 0.15) is 16.1 Å². The molecule has 0 aliphatic rings. The molecule has 7 nitrogen and oxygen atoms in total. The number of hydrogen-bond acceptors (Lipinski definition) is 6. The van der Waals surface area contributed by atoms with Gasteiger partial charge in [0, 0.05) is 11.6 Å². The maximum Gasteiger partial charge on any atom is 0.432 e. The highest BCUT2D eigenvalue weighted by Crippen LogP contribution is 2.36. The molecule has 0 bridgehead atoms. The van der Waals surface area contributed by atoms with Crippen LogP contribution in [0.25, 0.3) is 22.4 Å². The lowest BCUT2D eigenvalue weighted by atomic mass is 9.95. The summed E-state index contributed by atoms with van der Waals surface area (Å²) in [5.41, 5.74) is -3.20. The molecule has 2 heterocycles. The number of aromatic nitrogens is 2. The second-order valence-electron chi connectivity index (χ2n) is 7.20. The number of thiazole rings is 1. The van der Waals surface area contributed by atoms with Crippen molar-refractivity contribution >= 4 is 22.4 Å². The van der Waals surface area contributed by atoms with Gasteiger partial charge in [0.2, 0.25) is 5.43 Å². The van der Waals surface area contributed by atoms with Crippen molar-refractivity contribution in [2.24, 2.45) is 0 Å². The highest BCUT2D eigenvalue weighted by atomic mass is 32.1. The number of carbonyl (C=O) groups excluding carboxylic acids is 1. The molecule has 0 saturated carbocycles. The zero-order valence-electron chi connectivity index (χ0n) is 18.4. The second kappa shape index (κ2) is 9.63. The van der Waals surface area contributed by atoms with E-state index < -0.39 is 28.8 Å². The summed E-state index contributed by atoms with van der Waals surface area (Å²) in [7, 11) is 2.92. The summed E-state index contributed by atoms with van der Waals surface area (Å²) < 4.78 is 52.6. The van der Waals surface area contributed by atoms with Gasteiger partial charge in [-0.1, -0.05) is 12.1 Å². The average Bonchev–Trinajstić information content (AvgIpc) is 3.36. The number of aromatic amines is 1. The van der Waals surface area contributed by atoms with Gasteiger partial charge in [-0.05, 0) is 47.5 Å². The van der Waals surface area contributed by atoms with E-state index in [9.17, 15) is 22.8 Å². The molecule has 4 rings (SSSR count). The summed E-state index contributed by atoms with van der Waals surface area (Å²) in [5, 5.41) is 3.88. The number of rotatable bonds is 6. The third-order valence-electron chi connectivity index (χ3n) is 5.12. The first-order valence-corrected chi connectivity index (χ1v) is 11.0. The largest absolute Gasteiger partial charge is 0.497 e. The van der Waals surface area contributed by atoms with Crippen LogP contribution in [0.3, 0.4) is 0 Å². The predicted octanol–water partition coefficient (Wildman–Crippen LogP) is 5.45. The third kappa shape index (κ3) is 4.90. The summed E-state index contributed by atoms with van der Waals surface area (Å²) in [6, 6.07) is 12.4. The summed E-state index contributed by atoms with van der Waals surface area (Å²) in [6.07, 6.45) is -3.64. The fraction of sp³-hybridized carbons (Fsp3) is 0.125. The van der Waals surface area contributed by atoms with Crippen molar-refractivity contribution in [3.8, 4) is 33.9 Å². The van der Waals surface area contributed by atoms with E-state index in [1.807, 2.05) is 0 Å². The standard InChI is InChI=1S/C24H18F3N3O4S/c1-33-15-7-3-13(4-8-15)17-19(14-5-9-16(34-2)10-6-14)29-21(24(25,26)27)18(20(17)31)22(32)30-23-28-11-12-35-23/h3-12H,1-2H3,(H,29,31)(H,28,30,32). The van der Waals surface area contributed by atoms with Crippen molar-refractivity contribution < 1.29 is 27.4 Å². The van der Waals surface area contributed by atoms with Crippen molar-refractivity contribution in [2.45, 2.75) is 6.18 Å². The van der Waals surface area contributed by atoms with E-state index >= 15 is 0 Å². The van der Waals surface area contributed by atoms with Crippen molar-refractivity contribution in [1.29, 1.82) is 0 Å². The monoisotopic (exact) mass is 501 g/mol. The second-order valence-corrected chi connectivity index (χ2v) is 8.09. The summed E-state index contributed by atoms with van der Waals surface area (Å²) in [4.78, 5) is 32.7. The van der Waals surface area contributed by atoms with Gasteiger partial charge in [0.05, 0.1) is 25.5 Å². The Morgan fingerprint density at radius 2 is 1.54 bits per heavy atom. The first-order valence-electron chi connectivity index (χ1n) is 10.1. The topological polar surface area (TPSA) is 93.3 Å². The Morgan fingerprint density at radius 1 is 0.971 bits per heavy atom. The van der Waals surface area contributed by atoms with Crippen LogP contribution in [-0.4, -0.2) is 30.1 Å². The Hall–Kier alpha value is -4.12. The van der Waals surface area contributed by atoms with Crippen LogP contribution < -0.4 is 20.2 Å². The zero-order valence-corrected chi connectivity index (χ0v) is 19.2. The number of nitrogens with one attached hydrogen (secondary N) is 2. The van der Waals surface area contributed by atoms with Gasteiger partial charge in [-0.2, -0.15) is 13.2 Å². The zero-order chi connectivity index (χ0) is 25.2. The maximum atomic E-state index is 14.1. The molecule has 2 aromatic heterocycles. The number of anilines is 1. The molecule has 0 unspecified atom stereocenters. The lowest BCUT2D eigenvalue weighted by Gasteiger charge is -2.18. The quantitative estimate of drug-likeness (QED) is 0.366. The normalized spacial score (nSPS) is 11.2. The molecule has 4 aromatic rings. The van der Waals surface area contributed by atoms with E-state index in [2.05, 4.69) is 15.3 Å². The minimum Gasteiger partial charge on any atom is -0.497 e. The van der Waals surface area contributed by atoms with Crippen LogP contribution in [0.2, 0.25) is 0 Å². The van der Waals surface area contributed by atoms with E-state index in [-0.39, 0.29) is 16.4 Å². The summed E-state index contributed by atoms with van der Waals surface area (Å²) >= 11 is 1.01. The van der Waals surface area contributed by atoms with Crippen molar-refractivity contribution in [3.63, 3.8) is 0 Å². The lowest BCUT2D eigenvalue weighted by Crippen LogP contribution is -2.30. The van der Waals surface area contributed by atoms with Gasteiger partial charge in [-0.15, -0.1) is 11.3 Å². The van der Waals surface area contributed by atoms with Gasteiger partial charge in [0.25, 0.3) is 5.91 Å². The predicted molar refractivity (Wildman–Crippen MR) is 126 cm³/mol. The number of halogens is 3. The number of alkyl halides is 3. The molecule has 2 N–H and O–H groups in total. The number of benzene rings is 2. The molecular formula is C24H18F3N3O4S. The molecule has 2 aromatic carbocycles. The third-order valence-corrected chi connectivity index (χ3v) is 5.81. The number of amides is 1. The van der Waals surface area contributed by atoms with E-state index in [0.29, 0.717) is 22.6 Å². The van der Waals surface area contributed by atoms with Gasteiger partial charge < -0.3 is 14.5 Å². The number of carbonyl (C=O) groups is 1. The van der Waals surface area contributed by atoms with Crippen molar-refractivity contribution in [3.05, 3.63) is 81.6 Å². The molecule has 0 saturated heterocycles. The highest BCUT2D eigenvalue weighted by molar-refractivity contribution is 7.13. The Balaban J connectivity index is 2.01. The molecule has 0 aliphatic carbocycles. The molecule has 180 valence electrons. The van der Waals surface area contributed by atoms with Crippen LogP contribution in [0.4, 0.5) is 18.3 Å². The Labute approximate surface area is 201 Å². The van der Waals surface area contributed by atoms with Crippen molar-refractivity contribution in [2.75, 3.05) is 19.5 Å². The minimum absolute atomic E-state index is 0.0627. The first kappa shape index (κ1) is 24.0. The van der Waals surface area contributed by atoms with Crippen LogP contribution in [0.5, 0.6) is 11.5 Å².